The van der Waals surface area contributed by atoms with Gasteiger partial charge in [-0.2, -0.15) is 0 Å². The van der Waals surface area contributed by atoms with E-state index in [2.05, 4.69) is 78.8 Å². The van der Waals surface area contributed by atoms with Crippen LogP contribution in [-0.2, 0) is 4.79 Å². The van der Waals surface area contributed by atoms with E-state index in [1.54, 1.807) is 18.5 Å². The first kappa shape index (κ1) is 29.0. The highest BCUT2D eigenvalue weighted by Gasteiger charge is 2.37. The van der Waals surface area contributed by atoms with Crippen LogP contribution in [0.3, 0.4) is 0 Å². The van der Waals surface area contributed by atoms with Gasteiger partial charge < -0.3 is 20.2 Å². The quantitative estimate of drug-likeness (QED) is 0.163. The van der Waals surface area contributed by atoms with Gasteiger partial charge in [0.05, 0.1) is 29.8 Å². The lowest BCUT2D eigenvalue weighted by molar-refractivity contribution is -0.134. The standard InChI is InChI=1S/C36H40N8O/c1-23(2)32(43-36-37-18-6-19-38-36)35(45)44-20-5-9-31(44)34-40-22-30(42-34)27-16-12-25(13-17-27)24-10-14-26(15-11-24)29-21-39-33(41-29)28-7-3-4-8-28/h6,10-19,21-23,28,31-32H,3-5,7-9,20H2,1-2H3,(H,39,41)(H,40,42)(H,37,38,43)/t31-,32+/m0/s1. The normalized spacial score (nSPS) is 17.7. The second kappa shape index (κ2) is 12.7. The predicted molar refractivity (Wildman–Crippen MR) is 176 cm³/mol. The average molecular weight is 601 g/mol. The van der Waals surface area contributed by atoms with Gasteiger partial charge in [0.15, 0.2) is 0 Å². The maximum atomic E-state index is 13.7. The van der Waals surface area contributed by atoms with Gasteiger partial charge in [0.2, 0.25) is 11.9 Å². The number of aromatic amines is 2. The Morgan fingerprint density at radius 1 is 0.756 bits per heavy atom. The molecule has 2 aliphatic rings. The van der Waals surface area contributed by atoms with E-state index in [1.165, 1.54) is 31.2 Å². The lowest BCUT2D eigenvalue weighted by atomic mass is 10.0. The third kappa shape index (κ3) is 6.12. The molecule has 230 valence electrons. The van der Waals surface area contributed by atoms with Gasteiger partial charge in [-0.05, 0) is 59.9 Å². The first-order chi connectivity index (χ1) is 22.0. The second-order valence-electron chi connectivity index (χ2n) is 12.6. The van der Waals surface area contributed by atoms with Crippen LogP contribution in [0, 0.1) is 5.92 Å². The minimum atomic E-state index is -0.419. The molecule has 4 heterocycles. The SMILES string of the molecule is CC(C)[C@@H](Nc1ncccn1)C(=O)N1CCC[C@H]1c1ncc(-c2ccc(-c3ccc(-c4cnc(C5CCCC5)[nH]4)cc3)cc2)[nH]1. The lowest BCUT2D eigenvalue weighted by Gasteiger charge is -2.30. The van der Waals surface area contributed by atoms with Crippen molar-refractivity contribution >= 4 is 11.9 Å². The summed E-state index contributed by atoms with van der Waals surface area (Å²) in [6.45, 7) is 4.78. The zero-order chi connectivity index (χ0) is 30.8. The Balaban J connectivity index is 1.03. The van der Waals surface area contributed by atoms with Crippen molar-refractivity contribution in [1.82, 2.24) is 34.8 Å². The number of hydrogen-bond acceptors (Lipinski definition) is 6. The number of benzene rings is 2. The summed E-state index contributed by atoms with van der Waals surface area (Å²) in [6, 6.07) is 18.5. The number of aromatic nitrogens is 6. The van der Waals surface area contributed by atoms with Crippen LogP contribution in [0.15, 0.2) is 79.4 Å². The molecular weight excluding hydrogens is 560 g/mol. The van der Waals surface area contributed by atoms with Gasteiger partial charge in [0.1, 0.15) is 17.7 Å². The third-order valence-electron chi connectivity index (χ3n) is 9.29. The fraction of sp³-hybridized carbons (Fsp3) is 0.361. The number of likely N-dealkylation sites (tertiary alicyclic amines) is 1. The molecule has 0 radical (unpaired) electrons. The molecule has 0 bridgehead atoms. The first-order valence-corrected chi connectivity index (χ1v) is 16.2. The predicted octanol–water partition coefficient (Wildman–Crippen LogP) is 7.38. The van der Waals surface area contributed by atoms with Gasteiger partial charge in [0.25, 0.3) is 0 Å². The van der Waals surface area contributed by atoms with Crippen LogP contribution >= 0.6 is 0 Å². The number of anilines is 1. The zero-order valence-electron chi connectivity index (χ0n) is 25.9. The molecular formula is C36H40N8O. The number of H-pyrrole nitrogens is 2. The van der Waals surface area contributed by atoms with E-state index in [4.69, 9.17) is 4.98 Å². The van der Waals surface area contributed by atoms with Gasteiger partial charge in [-0.1, -0.05) is 75.2 Å². The van der Waals surface area contributed by atoms with E-state index >= 15 is 0 Å². The molecule has 1 saturated carbocycles. The monoisotopic (exact) mass is 600 g/mol. The average Bonchev–Trinajstić information content (AvgIpc) is 3.91. The lowest BCUT2D eigenvalue weighted by Crippen LogP contribution is -2.45. The number of carbonyl (C=O) groups excluding carboxylic acids is 1. The van der Waals surface area contributed by atoms with Crippen molar-refractivity contribution in [1.29, 1.82) is 0 Å². The summed E-state index contributed by atoms with van der Waals surface area (Å²) < 4.78 is 0. The maximum Gasteiger partial charge on any atom is 0.246 e. The Hall–Kier alpha value is -4.79. The number of nitrogens with zero attached hydrogens (tertiary/aromatic N) is 5. The number of carbonyl (C=O) groups is 1. The van der Waals surface area contributed by atoms with Crippen molar-refractivity contribution in [2.45, 2.75) is 70.4 Å². The van der Waals surface area contributed by atoms with E-state index in [0.29, 0.717) is 18.4 Å². The van der Waals surface area contributed by atoms with E-state index in [-0.39, 0.29) is 17.9 Å². The van der Waals surface area contributed by atoms with E-state index in [9.17, 15) is 4.79 Å². The fourth-order valence-corrected chi connectivity index (χ4v) is 6.75. The zero-order valence-corrected chi connectivity index (χ0v) is 25.9. The maximum absolute atomic E-state index is 13.7. The summed E-state index contributed by atoms with van der Waals surface area (Å²) in [7, 11) is 0. The van der Waals surface area contributed by atoms with E-state index in [0.717, 1.165) is 52.6 Å². The van der Waals surface area contributed by atoms with E-state index < -0.39 is 6.04 Å². The highest BCUT2D eigenvalue weighted by atomic mass is 16.2. The number of imidazole rings is 2. The molecule has 0 unspecified atom stereocenters. The summed E-state index contributed by atoms with van der Waals surface area (Å²) >= 11 is 0. The number of nitrogens with one attached hydrogen (secondary N) is 3. The Morgan fingerprint density at radius 3 is 1.91 bits per heavy atom. The summed E-state index contributed by atoms with van der Waals surface area (Å²) in [6.07, 6.45) is 14.1. The largest absolute Gasteiger partial charge is 0.342 e. The Bertz CT molecular complexity index is 1720. The minimum Gasteiger partial charge on any atom is -0.342 e. The molecule has 5 aromatic rings. The highest BCUT2D eigenvalue weighted by Crippen LogP contribution is 2.35. The van der Waals surface area contributed by atoms with Crippen LogP contribution < -0.4 is 5.32 Å². The van der Waals surface area contributed by atoms with Crippen molar-refractivity contribution in [3.63, 3.8) is 0 Å². The van der Waals surface area contributed by atoms with Gasteiger partial charge in [-0.15, -0.1) is 0 Å². The van der Waals surface area contributed by atoms with Crippen molar-refractivity contribution in [3.8, 4) is 33.6 Å². The van der Waals surface area contributed by atoms with Gasteiger partial charge in [-0.25, -0.2) is 19.9 Å². The molecule has 3 aromatic heterocycles. The number of rotatable bonds is 9. The van der Waals surface area contributed by atoms with Gasteiger partial charge >= 0.3 is 0 Å². The topological polar surface area (TPSA) is 115 Å². The fourth-order valence-electron chi connectivity index (χ4n) is 6.75. The van der Waals surface area contributed by atoms with Crippen molar-refractivity contribution in [3.05, 3.63) is 91.0 Å². The van der Waals surface area contributed by atoms with Crippen LogP contribution in [0.2, 0.25) is 0 Å². The number of amides is 1. The molecule has 1 saturated heterocycles. The van der Waals surface area contributed by atoms with Crippen molar-refractivity contribution in [2.75, 3.05) is 11.9 Å². The molecule has 3 N–H and O–H groups in total. The van der Waals surface area contributed by atoms with Crippen LogP contribution in [0.25, 0.3) is 33.6 Å². The Labute approximate surface area is 264 Å². The van der Waals surface area contributed by atoms with Gasteiger partial charge in [-0.3, -0.25) is 4.79 Å². The molecule has 2 fully saturated rings. The summed E-state index contributed by atoms with van der Waals surface area (Å²) in [5, 5.41) is 3.25. The van der Waals surface area contributed by atoms with Crippen molar-refractivity contribution < 1.29 is 4.79 Å². The first-order valence-electron chi connectivity index (χ1n) is 16.2. The van der Waals surface area contributed by atoms with Gasteiger partial charge in [0, 0.05) is 24.9 Å². The summed E-state index contributed by atoms with van der Waals surface area (Å²) in [4.78, 5) is 40.7. The molecule has 1 aliphatic carbocycles. The Morgan fingerprint density at radius 2 is 1.31 bits per heavy atom. The van der Waals surface area contributed by atoms with Crippen LogP contribution in [-0.4, -0.2) is 53.3 Å². The van der Waals surface area contributed by atoms with Crippen LogP contribution in [0.5, 0.6) is 0 Å². The smallest absolute Gasteiger partial charge is 0.246 e. The molecule has 2 atom stereocenters. The number of hydrogen-bond donors (Lipinski definition) is 3. The molecule has 1 amide bonds. The summed E-state index contributed by atoms with van der Waals surface area (Å²) in [5.41, 5.74) is 6.56. The van der Waals surface area contributed by atoms with E-state index in [1.807, 2.05) is 31.1 Å². The summed E-state index contributed by atoms with van der Waals surface area (Å²) in [5.74, 6) is 3.12. The molecule has 9 nitrogen and oxygen atoms in total. The molecule has 2 aromatic carbocycles. The minimum absolute atomic E-state index is 0.0510. The molecule has 0 spiro atoms. The molecule has 45 heavy (non-hydrogen) atoms. The highest BCUT2D eigenvalue weighted by molar-refractivity contribution is 5.85. The van der Waals surface area contributed by atoms with Crippen molar-refractivity contribution in [2.24, 2.45) is 5.92 Å². The molecule has 9 heteroatoms. The molecule has 1 aliphatic heterocycles. The van der Waals surface area contributed by atoms with Crippen LogP contribution in [0.4, 0.5) is 5.95 Å². The third-order valence-corrected chi connectivity index (χ3v) is 9.29. The Kier molecular flexibility index (Phi) is 8.15. The second-order valence-corrected chi connectivity index (χ2v) is 12.6. The van der Waals surface area contributed by atoms with Crippen LogP contribution in [0.1, 0.15) is 76.0 Å². The molecule has 7 rings (SSSR count).